The Morgan fingerprint density at radius 2 is 0.676 bits per heavy atom. The van der Waals surface area contributed by atoms with E-state index < -0.39 is 80.2 Å². The molecule has 696 valence electrons. The number of sulfonamides is 8. The van der Waals surface area contributed by atoms with Gasteiger partial charge in [0.05, 0.1) is 125 Å². The first kappa shape index (κ1) is 94.6. The van der Waals surface area contributed by atoms with E-state index in [1.165, 1.54) is 114 Å². The highest BCUT2D eigenvalue weighted by Crippen LogP contribution is 2.39. The highest BCUT2D eigenvalue weighted by Gasteiger charge is 2.34. The standard InChI is InChI=1S/C24H22N4O4S2.3C23H19ClN4O4S2/c1-17-5-6-18(16-22(17)24-21-4-2-12-25-23(21)11-13-26-24)27-34(31,32)20-9-7-19(8-10-20)28-14-3-15-33(28,29)30;24-21-8-3-17(14-20(21)23-9-2-16-15-25-11-10-22(16)26-23)27-34(31,32)19-6-4-18(5-7-19)28-12-1-13-33(28,29)30;24-20-9-4-16(15-19(20)21-10-11-22-23(26-21)3-1-12-25-22)27-34(31,32)18-7-5-17(6-8-18)28-13-2-14-33(28,29)30;24-21-11-6-17(14-20(21)23-25-15-16-4-1-2-5-22(16)26-23)27-34(31,32)19-9-7-18(8-10-19)28-12-3-13-33(28,29)30/h2,4-13,16,27H,3,14-15H2,1H3;2-11,14-15,27H,1,12-13H2;1,3-12,15,27H,2,13-14H2;1-2,4-11,14-15,27H,3,12-13H2. The number of halogens is 3. The van der Waals surface area contributed by atoms with Gasteiger partial charge >= 0.3 is 0 Å². The molecule has 11 heterocycles. The van der Waals surface area contributed by atoms with Gasteiger partial charge in [0.1, 0.15) is 0 Å². The van der Waals surface area contributed by atoms with Gasteiger partial charge in [-0.2, -0.15) is 0 Å². The van der Waals surface area contributed by atoms with Crippen LogP contribution in [-0.2, 0) is 80.2 Å². The summed E-state index contributed by atoms with van der Waals surface area (Å²) in [4.78, 5) is 35.4. The zero-order valence-corrected chi connectivity index (χ0v) is 80.3. The Morgan fingerprint density at radius 1 is 0.309 bits per heavy atom. The summed E-state index contributed by atoms with van der Waals surface area (Å²) in [5, 5.41) is 3.87. The maximum Gasteiger partial charge on any atom is 0.261 e. The van der Waals surface area contributed by atoms with Gasteiger partial charge in [0.2, 0.25) is 40.1 Å². The van der Waals surface area contributed by atoms with Crippen LogP contribution in [0.2, 0.25) is 15.1 Å². The van der Waals surface area contributed by atoms with E-state index in [0.29, 0.717) is 152 Å². The van der Waals surface area contributed by atoms with Crippen molar-refractivity contribution in [2.24, 2.45) is 0 Å². The predicted molar refractivity (Wildman–Crippen MR) is 532 cm³/mol. The Bertz CT molecular complexity index is 7790. The highest BCUT2D eigenvalue weighted by atomic mass is 35.5. The van der Waals surface area contributed by atoms with Gasteiger partial charge in [0.25, 0.3) is 40.1 Å². The Balaban J connectivity index is 0.000000126. The van der Waals surface area contributed by atoms with Crippen LogP contribution in [0.15, 0.2) is 312 Å². The van der Waals surface area contributed by atoms with E-state index in [9.17, 15) is 67.3 Å². The molecule has 0 amide bonds. The molecule has 0 aliphatic carbocycles. The molecule has 20 rings (SSSR count). The molecule has 7 aromatic heterocycles. The lowest BCUT2D eigenvalue weighted by Gasteiger charge is -2.17. The first-order valence-corrected chi connectivity index (χ1v) is 55.3. The van der Waals surface area contributed by atoms with Gasteiger partial charge in [-0.25, -0.2) is 87.3 Å². The van der Waals surface area contributed by atoms with Crippen LogP contribution in [0.5, 0.6) is 0 Å². The van der Waals surface area contributed by atoms with Gasteiger partial charge in [-0.15, -0.1) is 0 Å². The lowest BCUT2D eigenvalue weighted by Crippen LogP contribution is -2.25. The third-order valence-electron chi connectivity index (χ3n) is 22.3. The molecule has 4 aliphatic rings. The number of hydrogen-bond acceptors (Lipinski definition) is 24. The molecule has 43 heteroatoms. The SMILES string of the molecule is Cc1ccc(NS(=O)(=O)c2ccc(N3CCCS3(=O)=O)cc2)cc1-c1nccc2ncccc12.O=S(=O)(Nc1ccc(Cl)c(-c2ccc3cnccc3n2)c1)c1ccc(N2CCCS2(=O)=O)cc1.O=S(=O)(Nc1ccc(Cl)c(-c2ccc3ncccc3n2)c1)c1ccc(N2CCCS2(=O)=O)cc1.O=S(=O)(Nc1ccc(Cl)c(-c2ncc3ccccc3n2)c1)c1ccc(N2CCCS2(=O)=O)cc1. The molecule has 16 aromatic rings. The smallest absolute Gasteiger partial charge is 0.261 e. The maximum atomic E-state index is 13.0. The molecular formula is C93H79Cl3N16O16S8. The van der Waals surface area contributed by atoms with Crippen molar-refractivity contribution in [3.8, 4) is 45.2 Å². The van der Waals surface area contributed by atoms with E-state index in [0.717, 1.165) is 55.0 Å². The minimum atomic E-state index is -3.93. The number of benzene rings is 9. The zero-order valence-electron chi connectivity index (χ0n) is 71.5. The fourth-order valence-electron chi connectivity index (χ4n) is 15.6. The fraction of sp³-hybridized carbons (Fsp3) is 0.140. The molecule has 0 unspecified atom stereocenters. The number of hydrogen-bond donors (Lipinski definition) is 4. The van der Waals surface area contributed by atoms with Gasteiger partial charge in [0.15, 0.2) is 5.82 Å². The van der Waals surface area contributed by atoms with Gasteiger partial charge in [-0.1, -0.05) is 59.1 Å². The van der Waals surface area contributed by atoms with Crippen molar-refractivity contribution in [1.82, 2.24) is 39.9 Å². The van der Waals surface area contributed by atoms with E-state index in [1.807, 2.05) is 73.7 Å². The first-order valence-electron chi connectivity index (χ1n) is 41.8. The minimum absolute atomic E-state index is 0.00583. The molecule has 4 aliphatic heterocycles. The number of fused-ring (bicyclic) bond motifs is 4. The van der Waals surface area contributed by atoms with E-state index in [2.05, 4.69) is 58.8 Å². The number of pyridine rings is 6. The van der Waals surface area contributed by atoms with Gasteiger partial charge < -0.3 is 0 Å². The Hall–Kier alpha value is -13.1. The lowest BCUT2D eigenvalue weighted by atomic mass is 10.0. The van der Waals surface area contributed by atoms with Crippen LogP contribution in [-0.4, -0.2) is 156 Å². The molecule has 136 heavy (non-hydrogen) atoms. The number of nitrogens with one attached hydrogen (secondary N) is 4. The third-order valence-corrected chi connectivity index (χ3v) is 36.4. The Labute approximate surface area is 800 Å². The minimum Gasteiger partial charge on any atom is -0.280 e. The second-order valence-electron chi connectivity index (χ2n) is 31.5. The van der Waals surface area contributed by atoms with E-state index >= 15 is 0 Å². The van der Waals surface area contributed by atoms with Crippen LogP contribution in [0.4, 0.5) is 45.5 Å². The maximum absolute atomic E-state index is 13.0. The summed E-state index contributed by atoms with van der Waals surface area (Å²) in [6, 6.07) is 68.6. The molecule has 0 radical (unpaired) electrons. The average molecular weight is 2040 g/mol. The van der Waals surface area contributed by atoms with Crippen LogP contribution in [0.25, 0.3) is 88.9 Å². The summed E-state index contributed by atoms with van der Waals surface area (Å²) in [5.41, 5.74) is 12.2. The van der Waals surface area contributed by atoms with Gasteiger partial charge in [-0.05, 0) is 269 Å². The summed E-state index contributed by atoms with van der Waals surface area (Å²) >= 11 is 19.1. The first-order chi connectivity index (χ1) is 64.9. The number of aromatic nitrogens is 8. The van der Waals surface area contributed by atoms with Crippen molar-refractivity contribution in [2.45, 2.75) is 52.2 Å². The Morgan fingerprint density at radius 3 is 1.12 bits per heavy atom. The molecule has 32 nitrogen and oxygen atoms in total. The Kier molecular flexibility index (Phi) is 26.8. The average Bonchev–Trinajstić information content (AvgIpc) is 1.15. The van der Waals surface area contributed by atoms with Crippen LogP contribution >= 0.6 is 34.8 Å². The fourth-order valence-corrected chi connectivity index (χ4v) is 26.6. The molecular weight excluding hydrogens is 1960 g/mol. The quantitative estimate of drug-likeness (QED) is 0.0550. The van der Waals surface area contributed by atoms with Crippen molar-refractivity contribution < 1.29 is 67.3 Å². The van der Waals surface area contributed by atoms with Crippen molar-refractivity contribution in [3.63, 3.8) is 0 Å². The van der Waals surface area contributed by atoms with Crippen molar-refractivity contribution in [1.29, 1.82) is 0 Å². The molecule has 4 fully saturated rings. The molecule has 0 spiro atoms. The number of anilines is 8. The highest BCUT2D eigenvalue weighted by molar-refractivity contribution is 7.95. The molecule has 4 N–H and O–H groups in total. The van der Waals surface area contributed by atoms with Gasteiger partial charge in [-0.3, -0.25) is 56.0 Å². The molecule has 4 saturated heterocycles. The molecule has 9 aromatic carbocycles. The summed E-state index contributed by atoms with van der Waals surface area (Å²) < 4.78 is 216. The van der Waals surface area contributed by atoms with Crippen LogP contribution in [0.3, 0.4) is 0 Å². The van der Waals surface area contributed by atoms with Crippen LogP contribution in [0.1, 0.15) is 31.2 Å². The predicted octanol–water partition coefficient (Wildman–Crippen LogP) is 16.8. The van der Waals surface area contributed by atoms with Crippen LogP contribution in [0, 0.1) is 6.92 Å². The normalized spacial score (nSPS) is 15.5. The van der Waals surface area contributed by atoms with Gasteiger partial charge in [0, 0.05) is 125 Å². The summed E-state index contributed by atoms with van der Waals surface area (Å²) in [5.74, 6) is 0.758. The van der Waals surface area contributed by atoms with Crippen LogP contribution < -0.4 is 36.1 Å². The van der Waals surface area contributed by atoms with E-state index in [4.69, 9.17) is 34.8 Å². The molecule has 0 saturated carbocycles. The monoisotopic (exact) mass is 2040 g/mol. The zero-order chi connectivity index (χ0) is 95.7. The largest absolute Gasteiger partial charge is 0.280 e. The molecule has 0 atom stereocenters. The van der Waals surface area contributed by atoms with Crippen molar-refractivity contribution >= 4 is 204 Å². The number of nitrogens with zero attached hydrogens (tertiary/aromatic N) is 12. The number of para-hydroxylation sites is 1. The summed E-state index contributed by atoms with van der Waals surface area (Å²) in [6.07, 6.45) is 12.3. The molecule has 0 bridgehead atoms. The van der Waals surface area contributed by atoms with Crippen molar-refractivity contribution in [3.05, 3.63) is 313 Å². The van der Waals surface area contributed by atoms with E-state index in [1.54, 1.807) is 128 Å². The topological polar surface area (TPSA) is 437 Å². The lowest BCUT2D eigenvalue weighted by molar-refractivity contribution is 0.597. The summed E-state index contributed by atoms with van der Waals surface area (Å²) in [6.45, 7) is 3.50. The van der Waals surface area contributed by atoms with E-state index in [-0.39, 0.29) is 42.6 Å². The third kappa shape index (κ3) is 21.0. The second-order valence-corrected chi connectivity index (χ2v) is 47.5. The second kappa shape index (κ2) is 38.6. The summed E-state index contributed by atoms with van der Waals surface area (Å²) in [7, 11) is -29.0. The number of rotatable bonds is 20. The number of aryl methyl sites for hydroxylation is 1. The van der Waals surface area contributed by atoms with Crippen molar-refractivity contribution in [2.75, 3.05) is 85.3 Å².